The van der Waals surface area contributed by atoms with Crippen LogP contribution in [0.25, 0.3) is 0 Å². The van der Waals surface area contributed by atoms with Crippen molar-refractivity contribution < 1.29 is 18.7 Å². The minimum absolute atomic E-state index is 0.175. The van der Waals surface area contributed by atoms with Crippen LogP contribution >= 0.6 is 0 Å². The van der Waals surface area contributed by atoms with E-state index < -0.39 is 0 Å². The molecule has 0 fully saturated rings. The molecule has 1 aromatic heterocycles. The Labute approximate surface area is 143 Å². The van der Waals surface area contributed by atoms with Gasteiger partial charge in [-0.25, -0.2) is 0 Å². The van der Waals surface area contributed by atoms with Crippen LogP contribution in [-0.4, -0.2) is 19.6 Å². The quantitative estimate of drug-likeness (QED) is 0.694. The molecule has 1 aromatic carbocycles. The Morgan fingerprint density at radius 2 is 2.08 bits per heavy atom. The lowest BCUT2D eigenvalue weighted by molar-refractivity contribution is 0.0912. The highest BCUT2D eigenvalue weighted by molar-refractivity contribution is 5.91. The molecule has 24 heavy (non-hydrogen) atoms. The standard InChI is InChI=1S/C19H25NO4/c1-4-5-6-11-23-16-10-9-15(13-18(16)22-3)14(2)20-19(21)17-8-7-12-24-17/h7-10,12-14H,4-6,11H2,1-3H3,(H,20,21)/t14-/m0/s1. The summed E-state index contributed by atoms with van der Waals surface area (Å²) in [6.45, 7) is 4.75. The van der Waals surface area contributed by atoms with Crippen LogP contribution < -0.4 is 14.8 Å². The van der Waals surface area contributed by atoms with Crippen molar-refractivity contribution in [3.63, 3.8) is 0 Å². The predicted molar refractivity (Wildman–Crippen MR) is 92.6 cm³/mol. The van der Waals surface area contributed by atoms with E-state index in [0.717, 1.165) is 30.6 Å². The predicted octanol–water partition coefficient (Wildman–Crippen LogP) is 4.35. The van der Waals surface area contributed by atoms with Gasteiger partial charge in [-0.15, -0.1) is 0 Å². The van der Waals surface area contributed by atoms with Crippen LogP contribution in [0.5, 0.6) is 11.5 Å². The number of hydrogen-bond donors (Lipinski definition) is 1. The molecule has 0 aliphatic heterocycles. The Bertz CT molecular complexity index is 637. The van der Waals surface area contributed by atoms with Gasteiger partial charge in [0, 0.05) is 0 Å². The number of methoxy groups -OCH3 is 1. The van der Waals surface area contributed by atoms with Crippen molar-refractivity contribution in [3.05, 3.63) is 47.9 Å². The van der Waals surface area contributed by atoms with Crippen molar-refractivity contribution in [1.29, 1.82) is 0 Å². The van der Waals surface area contributed by atoms with E-state index in [9.17, 15) is 4.79 Å². The third-order valence-corrected chi connectivity index (χ3v) is 3.79. The molecule has 0 aliphatic rings. The lowest BCUT2D eigenvalue weighted by Gasteiger charge is -2.16. The van der Waals surface area contributed by atoms with E-state index in [1.807, 2.05) is 25.1 Å². The Morgan fingerprint density at radius 1 is 1.25 bits per heavy atom. The fourth-order valence-corrected chi connectivity index (χ4v) is 2.37. The van der Waals surface area contributed by atoms with E-state index in [1.54, 1.807) is 19.2 Å². The minimum Gasteiger partial charge on any atom is -0.493 e. The number of furan rings is 1. The van der Waals surface area contributed by atoms with Crippen LogP contribution in [0.1, 0.15) is 55.3 Å². The van der Waals surface area contributed by atoms with Crippen LogP contribution in [-0.2, 0) is 0 Å². The summed E-state index contributed by atoms with van der Waals surface area (Å²) in [5, 5.41) is 2.90. The molecule has 5 heteroatoms. The molecule has 0 aliphatic carbocycles. The number of ether oxygens (including phenoxy) is 2. The third kappa shape index (κ3) is 4.78. The monoisotopic (exact) mass is 331 g/mol. The second-order valence-corrected chi connectivity index (χ2v) is 5.64. The van der Waals surface area contributed by atoms with Gasteiger partial charge in [0.05, 0.1) is 26.0 Å². The molecule has 130 valence electrons. The van der Waals surface area contributed by atoms with Crippen LogP contribution in [0.15, 0.2) is 41.0 Å². The molecule has 5 nitrogen and oxygen atoms in total. The number of carbonyl (C=O) groups is 1. The number of unbranched alkanes of at least 4 members (excludes halogenated alkanes) is 2. The number of carbonyl (C=O) groups excluding carboxylic acids is 1. The molecule has 0 spiro atoms. The lowest BCUT2D eigenvalue weighted by Crippen LogP contribution is -2.26. The van der Waals surface area contributed by atoms with Crippen LogP contribution in [0, 0.1) is 0 Å². The zero-order valence-corrected chi connectivity index (χ0v) is 14.5. The fourth-order valence-electron chi connectivity index (χ4n) is 2.37. The molecule has 1 atom stereocenters. The zero-order valence-electron chi connectivity index (χ0n) is 14.5. The van der Waals surface area contributed by atoms with Gasteiger partial charge in [-0.2, -0.15) is 0 Å². The average Bonchev–Trinajstić information content (AvgIpc) is 3.13. The van der Waals surface area contributed by atoms with E-state index in [2.05, 4.69) is 12.2 Å². The Hall–Kier alpha value is -2.43. The Kier molecular flexibility index (Phi) is 6.73. The normalized spacial score (nSPS) is 11.8. The summed E-state index contributed by atoms with van der Waals surface area (Å²) in [5.74, 6) is 1.45. The Balaban J connectivity index is 2.00. The van der Waals surface area contributed by atoms with E-state index in [0.29, 0.717) is 18.1 Å². The first kappa shape index (κ1) is 17.9. The van der Waals surface area contributed by atoms with Crippen LogP contribution in [0.2, 0.25) is 0 Å². The number of nitrogens with one attached hydrogen (secondary N) is 1. The maximum atomic E-state index is 12.1. The summed E-state index contributed by atoms with van der Waals surface area (Å²) in [6, 6.07) is 8.86. The number of benzene rings is 1. The third-order valence-electron chi connectivity index (χ3n) is 3.79. The first-order chi connectivity index (χ1) is 11.7. The number of hydrogen-bond acceptors (Lipinski definition) is 4. The summed E-state index contributed by atoms with van der Waals surface area (Å²) in [7, 11) is 1.62. The van der Waals surface area contributed by atoms with E-state index in [-0.39, 0.29) is 11.9 Å². The van der Waals surface area contributed by atoms with E-state index in [1.165, 1.54) is 6.26 Å². The summed E-state index contributed by atoms with van der Waals surface area (Å²) < 4.78 is 16.3. The maximum Gasteiger partial charge on any atom is 0.287 e. The van der Waals surface area contributed by atoms with Gasteiger partial charge >= 0.3 is 0 Å². The van der Waals surface area contributed by atoms with Gasteiger partial charge in [-0.05, 0) is 43.2 Å². The van der Waals surface area contributed by atoms with E-state index in [4.69, 9.17) is 13.9 Å². The average molecular weight is 331 g/mol. The maximum absolute atomic E-state index is 12.1. The summed E-state index contributed by atoms with van der Waals surface area (Å²) in [6.07, 6.45) is 4.81. The SMILES string of the molecule is CCCCCOc1ccc([C@H](C)NC(=O)c2ccco2)cc1OC. The van der Waals surface area contributed by atoms with Gasteiger partial charge in [0.25, 0.3) is 5.91 Å². The topological polar surface area (TPSA) is 60.7 Å². The molecule has 2 rings (SSSR count). The van der Waals surface area contributed by atoms with Crippen LogP contribution in [0.4, 0.5) is 0 Å². The highest BCUT2D eigenvalue weighted by Crippen LogP contribution is 2.30. The minimum atomic E-state index is -0.244. The summed E-state index contributed by atoms with van der Waals surface area (Å²) in [5.41, 5.74) is 0.938. The van der Waals surface area contributed by atoms with Gasteiger partial charge in [0.1, 0.15) is 0 Å². The van der Waals surface area contributed by atoms with E-state index >= 15 is 0 Å². The first-order valence-corrected chi connectivity index (χ1v) is 8.30. The number of amides is 1. The second kappa shape index (κ2) is 9.01. The van der Waals surface area contributed by atoms with Crippen molar-refractivity contribution in [2.24, 2.45) is 0 Å². The summed E-state index contributed by atoms with van der Waals surface area (Å²) in [4.78, 5) is 12.1. The number of rotatable bonds is 9. The molecular weight excluding hydrogens is 306 g/mol. The molecule has 2 aromatic rings. The highest BCUT2D eigenvalue weighted by atomic mass is 16.5. The molecule has 1 heterocycles. The van der Waals surface area contributed by atoms with Crippen molar-refractivity contribution >= 4 is 5.91 Å². The van der Waals surface area contributed by atoms with Crippen molar-refractivity contribution in [2.45, 2.75) is 39.2 Å². The highest BCUT2D eigenvalue weighted by Gasteiger charge is 2.15. The first-order valence-electron chi connectivity index (χ1n) is 8.30. The molecule has 0 bridgehead atoms. The van der Waals surface area contributed by atoms with Gasteiger partial charge in [-0.3, -0.25) is 4.79 Å². The van der Waals surface area contributed by atoms with Crippen molar-refractivity contribution in [1.82, 2.24) is 5.32 Å². The molecule has 1 N–H and O–H groups in total. The van der Waals surface area contributed by atoms with Gasteiger partial charge in [0.15, 0.2) is 17.3 Å². The molecule has 0 saturated carbocycles. The Morgan fingerprint density at radius 3 is 2.75 bits per heavy atom. The van der Waals surface area contributed by atoms with Crippen molar-refractivity contribution in [3.8, 4) is 11.5 Å². The molecule has 1 amide bonds. The van der Waals surface area contributed by atoms with Gasteiger partial charge in [0.2, 0.25) is 0 Å². The smallest absolute Gasteiger partial charge is 0.287 e. The fraction of sp³-hybridized carbons (Fsp3) is 0.421. The molecule has 0 saturated heterocycles. The zero-order chi connectivity index (χ0) is 17.4. The lowest BCUT2D eigenvalue weighted by atomic mass is 10.1. The van der Waals surface area contributed by atoms with Crippen molar-refractivity contribution in [2.75, 3.05) is 13.7 Å². The molecule has 0 unspecified atom stereocenters. The largest absolute Gasteiger partial charge is 0.493 e. The van der Waals surface area contributed by atoms with Crippen LogP contribution in [0.3, 0.4) is 0 Å². The molecular formula is C19H25NO4. The molecule has 0 radical (unpaired) electrons. The second-order valence-electron chi connectivity index (χ2n) is 5.64. The van der Waals surface area contributed by atoms with Gasteiger partial charge < -0.3 is 19.2 Å². The van der Waals surface area contributed by atoms with Gasteiger partial charge in [-0.1, -0.05) is 25.8 Å². The summed E-state index contributed by atoms with van der Waals surface area (Å²) >= 11 is 0.